The molecule has 0 aliphatic carbocycles. The predicted molar refractivity (Wildman–Crippen MR) is 118 cm³/mol. The van der Waals surface area contributed by atoms with Crippen LogP contribution in [0.3, 0.4) is 0 Å². The Morgan fingerprint density at radius 1 is 1.14 bits per heavy atom. The zero-order valence-corrected chi connectivity index (χ0v) is 17.5. The molecule has 2 aromatic heterocycles. The van der Waals surface area contributed by atoms with Crippen molar-refractivity contribution in [2.75, 3.05) is 6.61 Å². The van der Waals surface area contributed by atoms with Gasteiger partial charge in [-0.3, -0.25) is 4.79 Å². The fourth-order valence-corrected chi connectivity index (χ4v) is 4.02. The summed E-state index contributed by atoms with van der Waals surface area (Å²) in [7, 11) is 0. The van der Waals surface area contributed by atoms with Gasteiger partial charge in [0.1, 0.15) is 5.75 Å². The lowest BCUT2D eigenvalue weighted by atomic mass is 10.2. The van der Waals surface area contributed by atoms with Crippen molar-refractivity contribution in [3.63, 3.8) is 0 Å². The normalized spacial score (nSPS) is 12.0. The fourth-order valence-electron chi connectivity index (χ4n) is 2.93. The number of unbranched alkanes of at least 4 members (excludes halogenated alkanes) is 2. The SMILES string of the molecule is CCCCCOc1ccc(-c2nc3s/c(=C\c4ccccc4Cl)c(=O)n3n2)cc1. The number of halogens is 1. The summed E-state index contributed by atoms with van der Waals surface area (Å²) in [6.45, 7) is 2.89. The minimum absolute atomic E-state index is 0.195. The van der Waals surface area contributed by atoms with Crippen LogP contribution in [-0.2, 0) is 0 Å². The van der Waals surface area contributed by atoms with Crippen molar-refractivity contribution >= 4 is 34.0 Å². The number of rotatable bonds is 7. The molecule has 29 heavy (non-hydrogen) atoms. The Kier molecular flexibility index (Phi) is 5.92. The van der Waals surface area contributed by atoms with Crippen LogP contribution in [0.25, 0.3) is 22.4 Å². The van der Waals surface area contributed by atoms with Crippen LogP contribution < -0.4 is 14.8 Å². The van der Waals surface area contributed by atoms with Crippen molar-refractivity contribution in [1.82, 2.24) is 14.6 Å². The van der Waals surface area contributed by atoms with Crippen LogP contribution in [0.1, 0.15) is 31.7 Å². The van der Waals surface area contributed by atoms with Gasteiger partial charge in [0.15, 0.2) is 5.82 Å². The van der Waals surface area contributed by atoms with Crippen LogP contribution in [0.15, 0.2) is 53.3 Å². The third kappa shape index (κ3) is 4.33. The van der Waals surface area contributed by atoms with Gasteiger partial charge in [-0.25, -0.2) is 0 Å². The van der Waals surface area contributed by atoms with Crippen LogP contribution in [0, 0.1) is 0 Å². The number of hydrogen-bond donors (Lipinski definition) is 0. The number of hydrogen-bond acceptors (Lipinski definition) is 5. The average molecular weight is 426 g/mol. The lowest BCUT2D eigenvalue weighted by Crippen LogP contribution is -2.23. The Balaban J connectivity index is 1.57. The molecule has 7 heteroatoms. The summed E-state index contributed by atoms with van der Waals surface area (Å²) < 4.78 is 7.63. The van der Waals surface area contributed by atoms with E-state index in [0.717, 1.165) is 29.9 Å². The number of nitrogens with zero attached hydrogens (tertiary/aromatic N) is 3. The van der Waals surface area contributed by atoms with E-state index in [1.54, 1.807) is 12.1 Å². The molecule has 0 aliphatic heterocycles. The average Bonchev–Trinajstić information content (AvgIpc) is 3.27. The molecule has 0 bridgehead atoms. The zero-order chi connectivity index (χ0) is 20.2. The second-order valence-corrected chi connectivity index (χ2v) is 8.06. The minimum atomic E-state index is -0.195. The molecule has 148 valence electrons. The first-order valence-electron chi connectivity index (χ1n) is 9.55. The van der Waals surface area contributed by atoms with Crippen LogP contribution >= 0.6 is 22.9 Å². The number of fused-ring (bicyclic) bond motifs is 1. The summed E-state index contributed by atoms with van der Waals surface area (Å²) in [4.78, 5) is 17.8. The molecule has 2 aromatic carbocycles. The Bertz CT molecular complexity index is 1230. The van der Waals surface area contributed by atoms with Crippen LogP contribution in [0.2, 0.25) is 5.02 Å². The maximum atomic E-state index is 12.7. The Hall–Kier alpha value is -2.70. The highest BCUT2D eigenvalue weighted by molar-refractivity contribution is 7.15. The summed E-state index contributed by atoms with van der Waals surface area (Å²) in [5.74, 6) is 1.35. The molecule has 0 atom stereocenters. The second-order valence-electron chi connectivity index (χ2n) is 6.65. The molecule has 0 N–H and O–H groups in total. The highest BCUT2D eigenvalue weighted by Gasteiger charge is 2.12. The quantitative estimate of drug-likeness (QED) is 0.406. The number of benzene rings is 2. The van der Waals surface area contributed by atoms with Crippen LogP contribution in [-0.4, -0.2) is 21.2 Å². The van der Waals surface area contributed by atoms with Crippen molar-refractivity contribution in [2.45, 2.75) is 26.2 Å². The maximum Gasteiger partial charge on any atom is 0.291 e. The molecule has 2 heterocycles. The lowest BCUT2D eigenvalue weighted by molar-refractivity contribution is 0.306. The van der Waals surface area contributed by atoms with Gasteiger partial charge in [-0.05, 0) is 48.4 Å². The van der Waals surface area contributed by atoms with E-state index in [2.05, 4.69) is 17.0 Å². The van der Waals surface area contributed by atoms with Gasteiger partial charge in [0.05, 0.1) is 11.1 Å². The molecular formula is C22H20ClN3O2S. The molecule has 0 spiro atoms. The lowest BCUT2D eigenvalue weighted by Gasteiger charge is -2.05. The van der Waals surface area contributed by atoms with Gasteiger partial charge in [0, 0.05) is 10.6 Å². The second kappa shape index (κ2) is 8.76. The maximum absolute atomic E-state index is 12.7. The van der Waals surface area contributed by atoms with Crippen molar-refractivity contribution in [3.8, 4) is 17.1 Å². The Morgan fingerprint density at radius 3 is 2.66 bits per heavy atom. The molecule has 0 saturated carbocycles. The number of thiazole rings is 1. The smallest absolute Gasteiger partial charge is 0.291 e. The van der Waals surface area contributed by atoms with E-state index in [1.165, 1.54) is 28.7 Å². The first-order valence-corrected chi connectivity index (χ1v) is 10.7. The molecule has 5 nitrogen and oxygen atoms in total. The number of aromatic nitrogens is 3. The topological polar surface area (TPSA) is 56.5 Å². The van der Waals surface area contributed by atoms with Crippen LogP contribution in [0.5, 0.6) is 5.75 Å². The van der Waals surface area contributed by atoms with Crippen molar-refractivity contribution in [2.24, 2.45) is 0 Å². The van der Waals surface area contributed by atoms with Gasteiger partial charge in [-0.2, -0.15) is 9.50 Å². The van der Waals surface area contributed by atoms with E-state index in [0.29, 0.717) is 20.3 Å². The van der Waals surface area contributed by atoms with Crippen molar-refractivity contribution in [3.05, 3.63) is 74.0 Å². The van der Waals surface area contributed by atoms with Gasteiger partial charge in [-0.15, -0.1) is 5.10 Å². The molecule has 0 saturated heterocycles. The van der Waals surface area contributed by atoms with E-state index in [-0.39, 0.29) is 5.56 Å². The van der Waals surface area contributed by atoms with Gasteiger partial charge in [0.2, 0.25) is 4.96 Å². The van der Waals surface area contributed by atoms with E-state index < -0.39 is 0 Å². The molecule has 0 radical (unpaired) electrons. The van der Waals surface area contributed by atoms with E-state index >= 15 is 0 Å². The predicted octanol–water partition coefficient (Wildman–Crippen LogP) is 4.59. The highest BCUT2D eigenvalue weighted by atomic mass is 35.5. The highest BCUT2D eigenvalue weighted by Crippen LogP contribution is 2.21. The van der Waals surface area contributed by atoms with Gasteiger partial charge >= 0.3 is 0 Å². The van der Waals surface area contributed by atoms with E-state index in [4.69, 9.17) is 16.3 Å². The molecule has 0 aliphatic rings. The summed E-state index contributed by atoms with van der Waals surface area (Å²) in [5.41, 5.74) is 1.45. The van der Waals surface area contributed by atoms with Gasteiger partial charge < -0.3 is 4.74 Å². The minimum Gasteiger partial charge on any atom is -0.494 e. The summed E-state index contributed by atoms with van der Waals surface area (Å²) in [5, 5.41) is 4.99. The summed E-state index contributed by atoms with van der Waals surface area (Å²) in [6, 6.07) is 15.0. The standard InChI is InChI=1S/C22H20ClN3O2S/c1-2-3-6-13-28-17-11-9-15(10-12-17)20-24-22-26(25-20)21(27)19(29-22)14-16-7-4-5-8-18(16)23/h4-5,7-12,14H,2-3,6,13H2,1H3/b19-14-. The van der Waals surface area contributed by atoms with Gasteiger partial charge in [-0.1, -0.05) is 60.9 Å². The molecule has 0 amide bonds. The third-order valence-corrected chi connectivity index (χ3v) is 5.81. The monoisotopic (exact) mass is 425 g/mol. The summed E-state index contributed by atoms with van der Waals surface area (Å²) >= 11 is 7.49. The zero-order valence-electron chi connectivity index (χ0n) is 16.0. The number of ether oxygens (including phenoxy) is 1. The summed E-state index contributed by atoms with van der Waals surface area (Å²) in [6.07, 6.45) is 5.17. The van der Waals surface area contributed by atoms with Crippen LogP contribution in [0.4, 0.5) is 0 Å². The van der Waals surface area contributed by atoms with E-state index in [9.17, 15) is 4.79 Å². The fraction of sp³-hybridized carbons (Fsp3) is 0.227. The Labute approximate surface area is 177 Å². The first kappa shape index (κ1) is 19.6. The molecule has 0 unspecified atom stereocenters. The van der Waals surface area contributed by atoms with Crippen molar-refractivity contribution < 1.29 is 4.74 Å². The Morgan fingerprint density at radius 2 is 1.93 bits per heavy atom. The van der Waals surface area contributed by atoms with E-state index in [1.807, 2.05) is 42.5 Å². The largest absolute Gasteiger partial charge is 0.494 e. The van der Waals surface area contributed by atoms with Gasteiger partial charge in [0.25, 0.3) is 5.56 Å². The molecular weight excluding hydrogens is 406 g/mol. The molecule has 4 aromatic rings. The molecule has 4 rings (SSSR count). The van der Waals surface area contributed by atoms with Crippen molar-refractivity contribution in [1.29, 1.82) is 0 Å². The molecule has 0 fully saturated rings. The third-order valence-electron chi connectivity index (χ3n) is 4.50. The first-order chi connectivity index (χ1) is 14.2.